The molecule has 0 aliphatic carbocycles. The van der Waals surface area contributed by atoms with Crippen LogP contribution in [0.4, 0.5) is 15.2 Å². The van der Waals surface area contributed by atoms with Crippen molar-refractivity contribution in [3.63, 3.8) is 0 Å². The molecule has 98 valence electrons. The zero-order valence-electron chi connectivity index (χ0n) is 10.3. The van der Waals surface area contributed by atoms with Crippen molar-refractivity contribution in [2.24, 2.45) is 0 Å². The summed E-state index contributed by atoms with van der Waals surface area (Å²) in [5, 5.41) is 3.04. The van der Waals surface area contributed by atoms with Crippen LogP contribution in [0.5, 0.6) is 0 Å². The number of carbonyl (C=O) groups is 1. The maximum Gasteiger partial charge on any atom is 0.224 e. The van der Waals surface area contributed by atoms with Gasteiger partial charge in [0.25, 0.3) is 0 Å². The highest BCUT2D eigenvalue weighted by Gasteiger charge is 2.20. The van der Waals surface area contributed by atoms with Gasteiger partial charge in [0.15, 0.2) is 5.13 Å². The van der Waals surface area contributed by atoms with Crippen LogP contribution in [0.15, 0.2) is 12.1 Å². The number of hydrogen-bond donors (Lipinski definition) is 2. The molecule has 0 radical (unpaired) electrons. The van der Waals surface area contributed by atoms with E-state index < -0.39 is 5.82 Å². The van der Waals surface area contributed by atoms with E-state index in [1.807, 2.05) is 13.0 Å². The van der Waals surface area contributed by atoms with Gasteiger partial charge in [0.2, 0.25) is 5.91 Å². The van der Waals surface area contributed by atoms with Gasteiger partial charge in [0, 0.05) is 16.9 Å². The zero-order chi connectivity index (χ0) is 13.6. The number of fused-ring (bicyclic) bond motifs is 1. The number of nitrogen functional groups attached to an aromatic ring is 1. The Labute approximate surface area is 113 Å². The van der Waals surface area contributed by atoms with Gasteiger partial charge in [-0.3, -0.25) is 4.79 Å². The monoisotopic (exact) mass is 277 g/mol. The maximum atomic E-state index is 14.1. The summed E-state index contributed by atoms with van der Waals surface area (Å²) >= 11 is 1.38. The molecule has 6 heteroatoms. The summed E-state index contributed by atoms with van der Waals surface area (Å²) in [6.45, 7) is 1.91. The molecule has 1 aliphatic heterocycles. The first-order valence-corrected chi connectivity index (χ1v) is 6.72. The molecule has 0 saturated carbocycles. The van der Waals surface area contributed by atoms with Crippen LogP contribution in [0.2, 0.25) is 0 Å². The molecular weight excluding hydrogens is 265 g/mol. The first-order valence-electron chi connectivity index (χ1n) is 5.90. The van der Waals surface area contributed by atoms with E-state index in [9.17, 15) is 9.18 Å². The van der Waals surface area contributed by atoms with Gasteiger partial charge in [-0.15, -0.1) is 11.3 Å². The number of aryl methyl sites for hydroxylation is 2. The summed E-state index contributed by atoms with van der Waals surface area (Å²) in [5.41, 5.74) is 8.18. The van der Waals surface area contributed by atoms with E-state index in [1.54, 1.807) is 0 Å². The van der Waals surface area contributed by atoms with Crippen LogP contribution in [0.1, 0.15) is 16.9 Å². The zero-order valence-corrected chi connectivity index (χ0v) is 11.1. The molecule has 3 N–H and O–H groups in total. The molecule has 0 unspecified atom stereocenters. The van der Waals surface area contributed by atoms with Crippen LogP contribution < -0.4 is 11.1 Å². The van der Waals surface area contributed by atoms with Crippen molar-refractivity contribution in [2.75, 3.05) is 11.1 Å². The Morgan fingerprint density at radius 2 is 2.21 bits per heavy atom. The van der Waals surface area contributed by atoms with E-state index in [-0.39, 0.29) is 5.91 Å². The van der Waals surface area contributed by atoms with Crippen LogP contribution in [0.3, 0.4) is 0 Å². The number of hydrogen-bond acceptors (Lipinski definition) is 4. The molecule has 2 aromatic rings. The molecule has 4 nitrogen and oxygen atoms in total. The second-order valence-corrected chi connectivity index (χ2v) is 5.73. The van der Waals surface area contributed by atoms with Gasteiger partial charge in [-0.25, -0.2) is 9.37 Å². The summed E-state index contributed by atoms with van der Waals surface area (Å²) in [7, 11) is 0. The van der Waals surface area contributed by atoms with E-state index in [1.165, 1.54) is 17.4 Å². The molecule has 2 heterocycles. The molecule has 3 rings (SSSR count). The second kappa shape index (κ2) is 4.31. The van der Waals surface area contributed by atoms with Gasteiger partial charge in [-0.2, -0.15) is 0 Å². The number of aromatic nitrogens is 1. The maximum absolute atomic E-state index is 14.1. The Kier molecular flexibility index (Phi) is 2.74. The van der Waals surface area contributed by atoms with Gasteiger partial charge in [0.1, 0.15) is 5.82 Å². The smallest absolute Gasteiger partial charge is 0.224 e. The standard InChI is InChI=1S/C13H12FN3OS/c1-6-11(17-13(15)19-6)8-4-7-2-3-10(18)16-12(7)9(14)5-8/h4-5H,2-3H2,1H3,(H2,15,17)(H,16,18). The highest BCUT2D eigenvalue weighted by molar-refractivity contribution is 7.15. The molecular formula is C13H12FN3OS. The first-order chi connectivity index (χ1) is 9.04. The third-order valence-corrected chi connectivity index (χ3v) is 3.94. The molecule has 1 amide bonds. The normalized spacial score (nSPS) is 14.1. The molecule has 1 aliphatic rings. The Hall–Kier alpha value is -1.95. The van der Waals surface area contributed by atoms with Crippen LogP contribution in [-0.2, 0) is 11.2 Å². The molecule has 0 fully saturated rings. The summed E-state index contributed by atoms with van der Waals surface area (Å²) in [6.07, 6.45) is 0.929. The number of amides is 1. The predicted molar refractivity (Wildman–Crippen MR) is 73.6 cm³/mol. The highest BCUT2D eigenvalue weighted by atomic mass is 32.1. The molecule has 0 saturated heterocycles. The Bertz CT molecular complexity index is 681. The minimum absolute atomic E-state index is 0.145. The molecule has 1 aromatic carbocycles. The lowest BCUT2D eigenvalue weighted by Crippen LogP contribution is -2.20. The number of thiazole rings is 1. The van der Waals surface area contributed by atoms with Crippen LogP contribution in [-0.4, -0.2) is 10.9 Å². The van der Waals surface area contributed by atoms with Crippen molar-refractivity contribution < 1.29 is 9.18 Å². The van der Waals surface area contributed by atoms with E-state index >= 15 is 0 Å². The molecule has 0 spiro atoms. The average molecular weight is 277 g/mol. The number of nitrogens with zero attached hydrogens (tertiary/aromatic N) is 1. The molecule has 0 bridgehead atoms. The van der Waals surface area contributed by atoms with E-state index in [2.05, 4.69) is 10.3 Å². The number of benzene rings is 1. The third-order valence-electron chi connectivity index (χ3n) is 3.14. The molecule has 0 atom stereocenters. The quantitative estimate of drug-likeness (QED) is 0.842. The van der Waals surface area contributed by atoms with Crippen LogP contribution in [0, 0.1) is 12.7 Å². The predicted octanol–water partition coefficient (Wildman–Crippen LogP) is 2.72. The molecule has 1 aromatic heterocycles. The van der Waals surface area contributed by atoms with Gasteiger partial charge in [-0.05, 0) is 31.0 Å². The van der Waals surface area contributed by atoms with Crippen LogP contribution in [0.25, 0.3) is 11.3 Å². The summed E-state index contributed by atoms with van der Waals surface area (Å²) in [5.74, 6) is -0.570. The van der Waals surface area contributed by atoms with Gasteiger partial charge < -0.3 is 11.1 Å². The van der Waals surface area contributed by atoms with E-state index in [4.69, 9.17) is 5.73 Å². The van der Waals surface area contributed by atoms with Gasteiger partial charge >= 0.3 is 0 Å². The fourth-order valence-corrected chi connectivity index (χ4v) is 2.98. The number of rotatable bonds is 1. The lowest BCUT2D eigenvalue weighted by molar-refractivity contribution is -0.116. The Morgan fingerprint density at radius 3 is 2.89 bits per heavy atom. The third kappa shape index (κ3) is 2.08. The fourth-order valence-electron chi connectivity index (χ4n) is 2.27. The number of nitrogens with two attached hydrogens (primary N) is 1. The highest BCUT2D eigenvalue weighted by Crippen LogP contribution is 2.34. The minimum Gasteiger partial charge on any atom is -0.375 e. The average Bonchev–Trinajstić information content (AvgIpc) is 2.69. The summed E-state index contributed by atoms with van der Waals surface area (Å²) < 4.78 is 14.1. The minimum atomic E-state index is -0.425. The number of halogens is 1. The van der Waals surface area contributed by atoms with Crippen molar-refractivity contribution >= 4 is 28.1 Å². The lowest BCUT2D eigenvalue weighted by Gasteiger charge is -2.18. The van der Waals surface area contributed by atoms with Crippen molar-refractivity contribution in [1.29, 1.82) is 0 Å². The van der Waals surface area contributed by atoms with Crippen molar-refractivity contribution in [2.45, 2.75) is 19.8 Å². The fraction of sp³-hybridized carbons (Fsp3) is 0.231. The lowest BCUT2D eigenvalue weighted by atomic mass is 9.98. The SMILES string of the molecule is Cc1sc(N)nc1-c1cc(F)c2c(c1)CCC(=O)N2. The summed E-state index contributed by atoms with van der Waals surface area (Å²) in [4.78, 5) is 16.5. The van der Waals surface area contributed by atoms with E-state index in [0.29, 0.717) is 34.9 Å². The largest absolute Gasteiger partial charge is 0.375 e. The number of nitrogens with one attached hydrogen (secondary N) is 1. The number of carbonyl (C=O) groups excluding carboxylic acids is 1. The van der Waals surface area contributed by atoms with Crippen molar-refractivity contribution in [3.8, 4) is 11.3 Å². The second-order valence-electron chi connectivity index (χ2n) is 4.50. The van der Waals surface area contributed by atoms with Crippen molar-refractivity contribution in [3.05, 3.63) is 28.4 Å². The Balaban J connectivity index is 2.12. The van der Waals surface area contributed by atoms with Crippen LogP contribution >= 0.6 is 11.3 Å². The Morgan fingerprint density at radius 1 is 1.42 bits per heavy atom. The number of anilines is 2. The van der Waals surface area contributed by atoms with Gasteiger partial charge in [0.05, 0.1) is 11.4 Å². The summed E-state index contributed by atoms with van der Waals surface area (Å²) in [6, 6.07) is 3.27. The van der Waals surface area contributed by atoms with Crippen molar-refractivity contribution in [1.82, 2.24) is 4.98 Å². The first kappa shape index (κ1) is 12.1. The van der Waals surface area contributed by atoms with E-state index in [0.717, 1.165) is 10.4 Å². The topological polar surface area (TPSA) is 68.0 Å². The molecule has 19 heavy (non-hydrogen) atoms. The van der Waals surface area contributed by atoms with Gasteiger partial charge in [-0.1, -0.05) is 0 Å².